The molecule has 0 radical (unpaired) electrons. The van der Waals surface area contributed by atoms with Gasteiger partial charge in [0.05, 0.1) is 0 Å². The van der Waals surface area contributed by atoms with Crippen molar-refractivity contribution < 1.29 is 0 Å². The van der Waals surface area contributed by atoms with Crippen molar-refractivity contribution in [1.29, 1.82) is 0 Å². The van der Waals surface area contributed by atoms with Crippen molar-refractivity contribution in [3.05, 3.63) is 29.1 Å². The molecule has 0 aliphatic carbocycles. The summed E-state index contributed by atoms with van der Waals surface area (Å²) in [5.74, 6) is 0. The Morgan fingerprint density at radius 1 is 1.23 bits per heavy atom. The molecule has 1 aromatic heterocycles. The Morgan fingerprint density at radius 2 is 1.85 bits per heavy atom. The predicted octanol–water partition coefficient (Wildman–Crippen LogP) is 3.68. The first-order valence-corrected chi connectivity index (χ1v) is 5.16. The second-order valence-corrected chi connectivity index (χ2v) is 3.03. The normalized spacial score (nSPS) is 9.00. The quantitative estimate of drug-likeness (QED) is 0.675. The van der Waals surface area contributed by atoms with E-state index in [1.54, 1.807) is 0 Å². The van der Waals surface area contributed by atoms with Gasteiger partial charge in [-0.1, -0.05) is 33.3 Å². The Hall–Kier alpha value is -0.850. The van der Waals surface area contributed by atoms with Gasteiger partial charge in [-0.2, -0.15) is 0 Å². The van der Waals surface area contributed by atoms with Gasteiger partial charge in [-0.05, 0) is 31.4 Å². The number of hydrogen-bond donors (Lipinski definition) is 0. The monoisotopic (exact) mass is 179 g/mol. The van der Waals surface area contributed by atoms with Crippen LogP contribution in [0.3, 0.4) is 0 Å². The van der Waals surface area contributed by atoms with Crippen LogP contribution in [0.15, 0.2) is 12.3 Å². The lowest BCUT2D eigenvalue weighted by molar-refractivity contribution is 0.869. The first-order chi connectivity index (χ1) is 6.24. The summed E-state index contributed by atoms with van der Waals surface area (Å²) < 4.78 is 0. The van der Waals surface area contributed by atoms with Crippen LogP contribution < -0.4 is 0 Å². The van der Waals surface area contributed by atoms with E-state index in [1.807, 2.05) is 20.0 Å². The number of hydrogen-bond acceptors (Lipinski definition) is 1. The van der Waals surface area contributed by atoms with Crippen molar-refractivity contribution in [1.82, 2.24) is 4.98 Å². The first kappa shape index (κ1) is 12.2. The molecule has 1 heteroatoms. The summed E-state index contributed by atoms with van der Waals surface area (Å²) in [4.78, 5) is 4.37. The zero-order chi connectivity index (χ0) is 10.3. The van der Waals surface area contributed by atoms with Crippen LogP contribution in [-0.2, 0) is 6.42 Å². The minimum atomic E-state index is 1.10. The molecule has 1 aromatic rings. The summed E-state index contributed by atoms with van der Waals surface area (Å²) in [5.41, 5.74) is 3.83. The fraction of sp³-hybridized carbons (Fsp3) is 0.583. The SMILES string of the molecule is CC.CCCc1ncc(C)cc1C. The lowest BCUT2D eigenvalue weighted by atomic mass is 10.1. The van der Waals surface area contributed by atoms with Crippen LogP contribution in [0.4, 0.5) is 0 Å². The molecule has 1 heterocycles. The van der Waals surface area contributed by atoms with Crippen LogP contribution in [0.25, 0.3) is 0 Å². The van der Waals surface area contributed by atoms with E-state index >= 15 is 0 Å². The molecule has 0 saturated carbocycles. The number of aromatic nitrogens is 1. The molecule has 0 aliphatic heterocycles. The standard InChI is InChI=1S/C10H15N.C2H6/c1-4-5-10-9(3)6-8(2)7-11-10;1-2/h6-7H,4-5H2,1-3H3;1-2H3. The van der Waals surface area contributed by atoms with E-state index in [1.165, 1.54) is 23.2 Å². The largest absolute Gasteiger partial charge is 0.261 e. The molecule has 0 spiro atoms. The highest BCUT2D eigenvalue weighted by Gasteiger charge is 1.97. The summed E-state index contributed by atoms with van der Waals surface area (Å²) in [7, 11) is 0. The molecule has 0 aromatic carbocycles. The van der Waals surface area contributed by atoms with Crippen LogP contribution in [-0.4, -0.2) is 4.98 Å². The van der Waals surface area contributed by atoms with E-state index in [9.17, 15) is 0 Å². The number of nitrogens with zero attached hydrogens (tertiary/aromatic N) is 1. The van der Waals surface area contributed by atoms with Gasteiger partial charge in [0.15, 0.2) is 0 Å². The van der Waals surface area contributed by atoms with Crippen molar-refractivity contribution in [2.24, 2.45) is 0 Å². The Balaban J connectivity index is 0.000000671. The minimum Gasteiger partial charge on any atom is -0.261 e. The number of rotatable bonds is 2. The van der Waals surface area contributed by atoms with Gasteiger partial charge in [0.1, 0.15) is 0 Å². The molecule has 0 bridgehead atoms. The van der Waals surface area contributed by atoms with Gasteiger partial charge in [-0.25, -0.2) is 0 Å². The van der Waals surface area contributed by atoms with Crippen LogP contribution >= 0.6 is 0 Å². The highest BCUT2D eigenvalue weighted by atomic mass is 14.7. The van der Waals surface area contributed by atoms with Crippen molar-refractivity contribution in [3.63, 3.8) is 0 Å². The van der Waals surface area contributed by atoms with Crippen LogP contribution in [0.1, 0.15) is 44.0 Å². The van der Waals surface area contributed by atoms with Gasteiger partial charge in [0.25, 0.3) is 0 Å². The summed E-state index contributed by atoms with van der Waals surface area (Å²) in [5, 5.41) is 0. The molecule has 0 atom stereocenters. The summed E-state index contributed by atoms with van der Waals surface area (Å²) >= 11 is 0. The van der Waals surface area contributed by atoms with Crippen LogP contribution in [0.2, 0.25) is 0 Å². The first-order valence-electron chi connectivity index (χ1n) is 5.16. The molecule has 0 saturated heterocycles. The zero-order valence-electron chi connectivity index (χ0n) is 9.52. The molecule has 0 aliphatic rings. The average Bonchev–Trinajstić information content (AvgIpc) is 2.14. The highest BCUT2D eigenvalue weighted by Crippen LogP contribution is 2.08. The van der Waals surface area contributed by atoms with E-state index in [0.717, 1.165) is 6.42 Å². The van der Waals surface area contributed by atoms with E-state index in [-0.39, 0.29) is 0 Å². The Morgan fingerprint density at radius 3 is 2.31 bits per heavy atom. The second-order valence-electron chi connectivity index (χ2n) is 3.03. The average molecular weight is 179 g/mol. The lowest BCUT2D eigenvalue weighted by Gasteiger charge is -2.02. The van der Waals surface area contributed by atoms with Gasteiger partial charge >= 0.3 is 0 Å². The maximum atomic E-state index is 4.37. The smallest absolute Gasteiger partial charge is 0.0432 e. The third-order valence-corrected chi connectivity index (χ3v) is 1.81. The van der Waals surface area contributed by atoms with Gasteiger partial charge in [-0.15, -0.1) is 0 Å². The summed E-state index contributed by atoms with van der Waals surface area (Å²) in [6.45, 7) is 10.4. The molecular weight excluding hydrogens is 158 g/mol. The summed E-state index contributed by atoms with van der Waals surface area (Å²) in [6.07, 6.45) is 4.22. The van der Waals surface area contributed by atoms with Crippen molar-refractivity contribution in [3.8, 4) is 0 Å². The molecule has 0 amide bonds. The highest BCUT2D eigenvalue weighted by molar-refractivity contribution is 5.22. The molecular formula is C12H21N. The van der Waals surface area contributed by atoms with Crippen molar-refractivity contribution in [2.45, 2.75) is 47.5 Å². The Labute approximate surface area is 82.2 Å². The second kappa shape index (κ2) is 6.64. The zero-order valence-corrected chi connectivity index (χ0v) is 9.52. The lowest BCUT2D eigenvalue weighted by Crippen LogP contribution is -1.93. The van der Waals surface area contributed by atoms with Crippen molar-refractivity contribution >= 4 is 0 Å². The molecule has 13 heavy (non-hydrogen) atoms. The maximum absolute atomic E-state index is 4.37. The molecule has 74 valence electrons. The molecule has 1 nitrogen and oxygen atoms in total. The topological polar surface area (TPSA) is 12.9 Å². The fourth-order valence-electron chi connectivity index (χ4n) is 1.24. The Bertz CT molecular complexity index is 241. The number of aryl methyl sites for hydroxylation is 3. The molecule has 1 rings (SSSR count). The van der Waals surface area contributed by atoms with Crippen LogP contribution in [0.5, 0.6) is 0 Å². The summed E-state index contributed by atoms with van der Waals surface area (Å²) in [6, 6.07) is 2.19. The third-order valence-electron chi connectivity index (χ3n) is 1.81. The number of pyridine rings is 1. The van der Waals surface area contributed by atoms with Crippen molar-refractivity contribution in [2.75, 3.05) is 0 Å². The third kappa shape index (κ3) is 4.07. The van der Waals surface area contributed by atoms with Gasteiger partial charge in [0, 0.05) is 11.9 Å². The van der Waals surface area contributed by atoms with Gasteiger partial charge < -0.3 is 0 Å². The molecule has 0 N–H and O–H groups in total. The van der Waals surface area contributed by atoms with E-state index in [4.69, 9.17) is 0 Å². The van der Waals surface area contributed by atoms with E-state index in [0.29, 0.717) is 0 Å². The molecule has 0 fully saturated rings. The minimum absolute atomic E-state index is 1.10. The van der Waals surface area contributed by atoms with Crippen LogP contribution in [0, 0.1) is 13.8 Å². The van der Waals surface area contributed by atoms with E-state index in [2.05, 4.69) is 31.8 Å². The maximum Gasteiger partial charge on any atom is 0.0432 e. The van der Waals surface area contributed by atoms with Gasteiger partial charge in [-0.3, -0.25) is 4.98 Å². The predicted molar refractivity (Wildman–Crippen MR) is 59.1 cm³/mol. The molecule has 0 unspecified atom stereocenters. The Kier molecular flexibility index (Phi) is 6.21. The van der Waals surface area contributed by atoms with E-state index < -0.39 is 0 Å². The van der Waals surface area contributed by atoms with Gasteiger partial charge in [0.2, 0.25) is 0 Å². The fourth-order valence-corrected chi connectivity index (χ4v) is 1.24.